The largest absolute Gasteiger partial charge is 0.465 e. The maximum atomic E-state index is 13.4. The molecule has 9 nitrogen and oxygen atoms in total. The van der Waals surface area contributed by atoms with Gasteiger partial charge in [-0.2, -0.15) is 0 Å². The highest BCUT2D eigenvalue weighted by molar-refractivity contribution is 8.15. The molecule has 0 aromatic heterocycles. The molecule has 2 amide bonds. The topological polar surface area (TPSA) is 114 Å². The first-order valence-corrected chi connectivity index (χ1v) is 13.1. The van der Waals surface area contributed by atoms with Gasteiger partial charge in [0, 0.05) is 12.1 Å². The van der Waals surface area contributed by atoms with E-state index in [1.54, 1.807) is 60.4 Å². The van der Waals surface area contributed by atoms with E-state index >= 15 is 0 Å². The Bertz CT molecular complexity index is 1370. The van der Waals surface area contributed by atoms with Crippen molar-refractivity contribution >= 4 is 52.1 Å². The van der Waals surface area contributed by atoms with Crippen LogP contribution in [0.25, 0.3) is 0 Å². The molecule has 0 saturated carbocycles. The quantitative estimate of drug-likeness (QED) is 0.384. The number of amides is 2. The Morgan fingerprint density at radius 2 is 1.56 bits per heavy atom. The number of thioether (sulfide) groups is 1. The maximum absolute atomic E-state index is 13.4. The lowest BCUT2D eigenvalue weighted by Crippen LogP contribution is -2.33. The Labute approximate surface area is 230 Å². The first kappa shape index (κ1) is 27.6. The SMILES string of the molecule is CCOC(=O)c1ccc(N=C2S[C@@H](CC(=O)Nc3ccc(C(=O)OC)cc3)C(=O)N2Cc2ccccc2)cc1. The summed E-state index contributed by atoms with van der Waals surface area (Å²) in [6.45, 7) is 2.33. The second-order valence-electron chi connectivity index (χ2n) is 8.50. The molecule has 1 heterocycles. The van der Waals surface area contributed by atoms with Gasteiger partial charge in [-0.25, -0.2) is 14.6 Å². The van der Waals surface area contributed by atoms with Crippen LogP contribution in [0.5, 0.6) is 0 Å². The molecule has 0 spiro atoms. The average Bonchev–Trinajstić information content (AvgIpc) is 3.22. The summed E-state index contributed by atoms with van der Waals surface area (Å²) >= 11 is 1.22. The van der Waals surface area contributed by atoms with Crippen molar-refractivity contribution in [1.82, 2.24) is 4.90 Å². The predicted octanol–water partition coefficient (Wildman–Crippen LogP) is 4.81. The number of aliphatic imine (C=N–C) groups is 1. The van der Waals surface area contributed by atoms with Gasteiger partial charge in [-0.15, -0.1) is 0 Å². The van der Waals surface area contributed by atoms with E-state index in [0.717, 1.165) is 5.56 Å². The molecular formula is C29H27N3O6S. The van der Waals surface area contributed by atoms with Gasteiger partial charge in [0.25, 0.3) is 0 Å². The van der Waals surface area contributed by atoms with Crippen LogP contribution in [-0.4, -0.2) is 52.8 Å². The highest BCUT2D eigenvalue weighted by Gasteiger charge is 2.39. The third-order valence-corrected chi connectivity index (χ3v) is 6.94. The minimum absolute atomic E-state index is 0.0612. The minimum Gasteiger partial charge on any atom is -0.465 e. The van der Waals surface area contributed by atoms with Crippen molar-refractivity contribution in [2.45, 2.75) is 25.1 Å². The second kappa shape index (κ2) is 12.9. The van der Waals surface area contributed by atoms with E-state index in [2.05, 4.69) is 15.0 Å². The Kier molecular flexibility index (Phi) is 9.11. The normalized spacial score (nSPS) is 15.7. The molecule has 0 unspecified atom stereocenters. The van der Waals surface area contributed by atoms with Crippen molar-refractivity contribution in [1.29, 1.82) is 0 Å². The molecule has 1 saturated heterocycles. The van der Waals surface area contributed by atoms with Crippen molar-refractivity contribution < 1.29 is 28.7 Å². The summed E-state index contributed by atoms with van der Waals surface area (Å²) in [4.78, 5) is 56.0. The zero-order chi connectivity index (χ0) is 27.8. The molecule has 4 rings (SSSR count). The zero-order valence-corrected chi connectivity index (χ0v) is 22.3. The first-order valence-electron chi connectivity index (χ1n) is 12.2. The Morgan fingerprint density at radius 1 is 0.923 bits per heavy atom. The second-order valence-corrected chi connectivity index (χ2v) is 9.67. The van der Waals surface area contributed by atoms with E-state index in [4.69, 9.17) is 4.74 Å². The minimum atomic E-state index is -0.666. The van der Waals surface area contributed by atoms with E-state index < -0.39 is 17.2 Å². The number of ether oxygens (including phenoxy) is 2. The molecule has 1 N–H and O–H groups in total. The third-order valence-electron chi connectivity index (χ3n) is 5.77. The van der Waals surface area contributed by atoms with E-state index in [1.165, 1.54) is 18.9 Å². The molecule has 1 atom stereocenters. The number of anilines is 1. The molecule has 39 heavy (non-hydrogen) atoms. The van der Waals surface area contributed by atoms with Crippen LogP contribution < -0.4 is 5.32 Å². The molecule has 200 valence electrons. The van der Waals surface area contributed by atoms with Crippen LogP contribution in [-0.2, 0) is 25.6 Å². The first-order chi connectivity index (χ1) is 18.9. The standard InChI is InChI=1S/C29H27N3O6S/c1-3-38-28(36)21-11-15-23(16-12-21)31-29-32(18-19-7-5-4-6-8-19)26(34)24(39-29)17-25(33)30-22-13-9-20(10-14-22)27(35)37-2/h4-16,24H,3,17-18H2,1-2H3,(H,30,33)/t24-/m0/s1. The highest BCUT2D eigenvalue weighted by atomic mass is 32.2. The number of nitrogens with one attached hydrogen (secondary N) is 1. The Hall–Kier alpha value is -4.44. The fourth-order valence-electron chi connectivity index (χ4n) is 3.82. The number of hydrogen-bond donors (Lipinski definition) is 1. The third kappa shape index (κ3) is 7.11. The summed E-state index contributed by atoms with van der Waals surface area (Å²) in [6.07, 6.45) is -0.0612. The molecule has 1 fully saturated rings. The van der Waals surface area contributed by atoms with Crippen molar-refractivity contribution in [2.24, 2.45) is 4.99 Å². The molecule has 1 aliphatic heterocycles. The van der Waals surface area contributed by atoms with Crippen molar-refractivity contribution in [3.63, 3.8) is 0 Å². The van der Waals surface area contributed by atoms with Gasteiger partial charge in [0.2, 0.25) is 11.8 Å². The molecule has 1 aliphatic rings. The van der Waals surface area contributed by atoms with E-state index in [0.29, 0.717) is 34.2 Å². The van der Waals surface area contributed by atoms with Crippen LogP contribution in [0.3, 0.4) is 0 Å². The van der Waals surface area contributed by atoms with Gasteiger partial charge >= 0.3 is 11.9 Å². The van der Waals surface area contributed by atoms with Gasteiger partial charge in [0.15, 0.2) is 5.17 Å². The van der Waals surface area contributed by atoms with Crippen LogP contribution in [0.2, 0.25) is 0 Å². The summed E-state index contributed by atoms with van der Waals surface area (Å²) in [5, 5.41) is 2.57. The van der Waals surface area contributed by atoms with E-state index in [9.17, 15) is 19.2 Å². The fourth-order valence-corrected chi connectivity index (χ4v) is 4.98. The van der Waals surface area contributed by atoms with Crippen molar-refractivity contribution in [3.8, 4) is 0 Å². The Balaban J connectivity index is 1.50. The van der Waals surface area contributed by atoms with Crippen molar-refractivity contribution in [3.05, 3.63) is 95.6 Å². The number of carbonyl (C=O) groups is 4. The van der Waals surface area contributed by atoms with Crippen LogP contribution in [0.15, 0.2) is 83.9 Å². The van der Waals surface area contributed by atoms with Crippen LogP contribution >= 0.6 is 11.8 Å². The smallest absolute Gasteiger partial charge is 0.338 e. The average molecular weight is 546 g/mol. The lowest BCUT2D eigenvalue weighted by molar-refractivity contribution is -0.128. The summed E-state index contributed by atoms with van der Waals surface area (Å²) < 4.78 is 9.71. The summed E-state index contributed by atoms with van der Waals surface area (Å²) in [5.74, 6) is -1.45. The number of carbonyl (C=O) groups excluding carboxylic acids is 4. The molecule has 3 aromatic carbocycles. The number of rotatable bonds is 9. The monoisotopic (exact) mass is 545 g/mol. The number of hydrogen-bond acceptors (Lipinski definition) is 8. The van der Waals surface area contributed by atoms with Crippen LogP contribution in [0.1, 0.15) is 39.6 Å². The van der Waals surface area contributed by atoms with E-state index in [1.807, 2.05) is 30.3 Å². The maximum Gasteiger partial charge on any atom is 0.338 e. The van der Waals surface area contributed by atoms with Gasteiger partial charge in [0.05, 0.1) is 37.1 Å². The van der Waals surface area contributed by atoms with Crippen molar-refractivity contribution in [2.75, 3.05) is 19.0 Å². The highest BCUT2D eigenvalue weighted by Crippen LogP contribution is 2.33. The lowest BCUT2D eigenvalue weighted by atomic mass is 10.2. The zero-order valence-electron chi connectivity index (χ0n) is 21.5. The fraction of sp³-hybridized carbons (Fsp3) is 0.207. The summed E-state index contributed by atoms with van der Waals surface area (Å²) in [6, 6.07) is 22.4. The van der Waals surface area contributed by atoms with E-state index in [-0.39, 0.29) is 24.8 Å². The number of esters is 2. The molecule has 0 radical (unpaired) electrons. The molecule has 0 bridgehead atoms. The van der Waals surface area contributed by atoms with Crippen LogP contribution in [0.4, 0.5) is 11.4 Å². The van der Waals surface area contributed by atoms with Gasteiger partial charge < -0.3 is 14.8 Å². The number of benzene rings is 3. The molecular weight excluding hydrogens is 518 g/mol. The molecule has 3 aromatic rings. The molecule has 0 aliphatic carbocycles. The van der Waals surface area contributed by atoms with Gasteiger partial charge in [-0.1, -0.05) is 42.1 Å². The van der Waals surface area contributed by atoms with Crippen LogP contribution in [0, 0.1) is 0 Å². The van der Waals surface area contributed by atoms with Gasteiger partial charge in [-0.05, 0) is 61.0 Å². The summed E-state index contributed by atoms with van der Waals surface area (Å²) in [7, 11) is 1.30. The number of nitrogens with zero attached hydrogens (tertiary/aromatic N) is 2. The molecule has 10 heteroatoms. The van der Waals surface area contributed by atoms with Gasteiger partial charge in [0.1, 0.15) is 5.25 Å². The summed E-state index contributed by atoms with van der Waals surface area (Å²) in [5.41, 5.74) is 2.76. The Morgan fingerprint density at radius 3 is 2.21 bits per heavy atom. The number of amidine groups is 1. The predicted molar refractivity (Wildman–Crippen MR) is 149 cm³/mol. The van der Waals surface area contributed by atoms with Gasteiger partial charge in [-0.3, -0.25) is 14.5 Å². The number of methoxy groups -OCH3 is 1. The lowest BCUT2D eigenvalue weighted by Gasteiger charge is -2.16.